The third-order valence-electron chi connectivity index (χ3n) is 3.80. The van der Waals surface area contributed by atoms with Crippen LogP contribution in [0.3, 0.4) is 0 Å². The van der Waals surface area contributed by atoms with E-state index in [1.165, 1.54) is 5.56 Å². The van der Waals surface area contributed by atoms with E-state index in [2.05, 4.69) is 29.3 Å². The molecule has 2 aromatic carbocycles. The van der Waals surface area contributed by atoms with Crippen molar-refractivity contribution >= 4 is 11.5 Å². The van der Waals surface area contributed by atoms with Gasteiger partial charge in [0.2, 0.25) is 0 Å². The van der Waals surface area contributed by atoms with Crippen LogP contribution in [0.2, 0.25) is 0 Å². The molecule has 0 fully saturated rings. The van der Waals surface area contributed by atoms with Crippen LogP contribution >= 0.6 is 0 Å². The van der Waals surface area contributed by atoms with Gasteiger partial charge in [-0.1, -0.05) is 61.5 Å². The summed E-state index contributed by atoms with van der Waals surface area (Å²) in [5.74, 6) is -0.375. The number of aliphatic hydroxyl groups excluding tert-OH is 1. The van der Waals surface area contributed by atoms with Gasteiger partial charge in [0, 0.05) is 18.7 Å². The molecular weight excluding hydrogens is 274 g/mol. The lowest BCUT2D eigenvalue weighted by Crippen LogP contribution is -2.19. The van der Waals surface area contributed by atoms with Crippen molar-refractivity contribution in [1.82, 2.24) is 0 Å². The van der Waals surface area contributed by atoms with E-state index < -0.39 is 6.61 Å². The van der Waals surface area contributed by atoms with Gasteiger partial charge in [-0.05, 0) is 23.1 Å². The first-order valence-corrected chi connectivity index (χ1v) is 7.40. The lowest BCUT2D eigenvalue weighted by atomic mass is 9.94. The Morgan fingerprint density at radius 2 is 1.64 bits per heavy atom. The molecule has 114 valence electrons. The number of ketones is 1. The van der Waals surface area contributed by atoms with Gasteiger partial charge in [-0.3, -0.25) is 9.79 Å². The van der Waals surface area contributed by atoms with Gasteiger partial charge in [0.15, 0.2) is 5.78 Å². The summed E-state index contributed by atoms with van der Waals surface area (Å²) in [6, 6.07) is 18.4. The lowest BCUT2D eigenvalue weighted by Gasteiger charge is -2.12. The molecule has 3 nitrogen and oxygen atoms in total. The second-order valence-corrected chi connectivity index (χ2v) is 5.34. The number of hydrogen-bond acceptors (Lipinski definition) is 3. The standard InChI is InChI=1S/C19H21NO2/c1-14(19(22)13-21)12-18(20-2)17-10-8-16(9-11-17)15-6-4-3-5-7-15/h3-11,14,21H,12-13H2,1-2H3. The maximum absolute atomic E-state index is 11.5. The Morgan fingerprint density at radius 1 is 1.05 bits per heavy atom. The number of rotatable bonds is 6. The zero-order chi connectivity index (χ0) is 15.9. The lowest BCUT2D eigenvalue weighted by molar-refractivity contribution is -0.124. The Bertz CT molecular complexity index is 645. The first-order valence-electron chi connectivity index (χ1n) is 7.40. The smallest absolute Gasteiger partial charge is 0.161 e. The third-order valence-corrected chi connectivity index (χ3v) is 3.80. The van der Waals surface area contributed by atoms with Crippen molar-refractivity contribution in [3.8, 4) is 11.1 Å². The second kappa shape index (κ2) is 7.66. The zero-order valence-corrected chi connectivity index (χ0v) is 13.0. The van der Waals surface area contributed by atoms with Crippen molar-refractivity contribution in [2.75, 3.05) is 13.7 Å². The van der Waals surface area contributed by atoms with Crippen LogP contribution in [0.1, 0.15) is 18.9 Å². The SMILES string of the molecule is CN=C(CC(C)C(=O)CO)c1ccc(-c2ccccc2)cc1. The molecule has 3 heteroatoms. The highest BCUT2D eigenvalue weighted by molar-refractivity contribution is 6.03. The van der Waals surface area contributed by atoms with E-state index in [9.17, 15) is 4.79 Å². The molecule has 0 heterocycles. The second-order valence-electron chi connectivity index (χ2n) is 5.34. The number of carbonyl (C=O) groups excluding carboxylic acids is 1. The fourth-order valence-electron chi connectivity index (χ4n) is 2.38. The predicted molar refractivity (Wildman–Crippen MR) is 90.2 cm³/mol. The van der Waals surface area contributed by atoms with E-state index in [-0.39, 0.29) is 11.7 Å². The van der Waals surface area contributed by atoms with E-state index in [0.29, 0.717) is 6.42 Å². The van der Waals surface area contributed by atoms with Crippen LogP contribution in [0.25, 0.3) is 11.1 Å². The average Bonchev–Trinajstić information content (AvgIpc) is 2.59. The van der Waals surface area contributed by atoms with Gasteiger partial charge in [0.25, 0.3) is 0 Å². The largest absolute Gasteiger partial charge is 0.389 e. The Balaban J connectivity index is 2.16. The van der Waals surface area contributed by atoms with Gasteiger partial charge < -0.3 is 5.11 Å². The summed E-state index contributed by atoms with van der Waals surface area (Å²) in [7, 11) is 1.73. The number of benzene rings is 2. The number of aliphatic hydroxyl groups is 1. The predicted octanol–water partition coefficient (Wildman–Crippen LogP) is 3.36. The molecule has 1 atom stereocenters. The Morgan fingerprint density at radius 3 is 2.18 bits per heavy atom. The monoisotopic (exact) mass is 295 g/mol. The minimum atomic E-state index is -0.412. The molecule has 0 amide bonds. The van der Waals surface area contributed by atoms with E-state index in [1.807, 2.05) is 37.3 Å². The summed E-state index contributed by atoms with van der Waals surface area (Å²) in [5.41, 5.74) is 4.22. The Kier molecular flexibility index (Phi) is 5.61. The quantitative estimate of drug-likeness (QED) is 0.831. The molecule has 1 N–H and O–H groups in total. The van der Waals surface area contributed by atoms with Crippen molar-refractivity contribution in [3.63, 3.8) is 0 Å². The average molecular weight is 295 g/mol. The van der Waals surface area contributed by atoms with Crippen LogP contribution in [0.4, 0.5) is 0 Å². The first-order chi connectivity index (χ1) is 10.7. The van der Waals surface area contributed by atoms with Crippen LogP contribution in [-0.4, -0.2) is 30.3 Å². The van der Waals surface area contributed by atoms with Gasteiger partial charge in [0.1, 0.15) is 6.61 Å². The van der Waals surface area contributed by atoms with Gasteiger partial charge in [-0.2, -0.15) is 0 Å². The summed E-state index contributed by atoms with van der Waals surface area (Å²) in [4.78, 5) is 15.8. The summed E-state index contributed by atoms with van der Waals surface area (Å²) < 4.78 is 0. The van der Waals surface area contributed by atoms with Crippen LogP contribution < -0.4 is 0 Å². The molecule has 0 bridgehead atoms. The van der Waals surface area contributed by atoms with E-state index in [1.54, 1.807) is 7.05 Å². The van der Waals surface area contributed by atoms with Crippen molar-refractivity contribution in [1.29, 1.82) is 0 Å². The minimum Gasteiger partial charge on any atom is -0.389 e. The van der Waals surface area contributed by atoms with Gasteiger partial charge in [-0.15, -0.1) is 0 Å². The number of carbonyl (C=O) groups is 1. The first kappa shape index (κ1) is 16.1. The van der Waals surface area contributed by atoms with E-state index in [4.69, 9.17) is 5.11 Å². The highest BCUT2D eigenvalue weighted by Crippen LogP contribution is 2.20. The molecule has 1 unspecified atom stereocenters. The molecule has 0 radical (unpaired) electrons. The van der Waals surface area contributed by atoms with Crippen LogP contribution in [0, 0.1) is 5.92 Å². The molecule has 0 aromatic heterocycles. The molecule has 0 aliphatic rings. The Hall–Kier alpha value is -2.26. The normalized spacial score (nSPS) is 13.0. The molecular formula is C19H21NO2. The maximum atomic E-state index is 11.5. The van der Waals surface area contributed by atoms with Crippen molar-refractivity contribution in [2.24, 2.45) is 10.9 Å². The van der Waals surface area contributed by atoms with Crippen LogP contribution in [-0.2, 0) is 4.79 Å². The molecule has 0 aliphatic heterocycles. The van der Waals surface area contributed by atoms with Gasteiger partial charge in [0.05, 0.1) is 0 Å². The highest BCUT2D eigenvalue weighted by atomic mass is 16.3. The maximum Gasteiger partial charge on any atom is 0.161 e. The van der Waals surface area contributed by atoms with Crippen molar-refractivity contribution in [2.45, 2.75) is 13.3 Å². The molecule has 2 rings (SSSR count). The summed E-state index contributed by atoms with van der Waals surface area (Å²) in [5, 5.41) is 8.93. The van der Waals surface area contributed by atoms with Gasteiger partial charge in [-0.25, -0.2) is 0 Å². The fourth-order valence-corrected chi connectivity index (χ4v) is 2.38. The number of hydrogen-bond donors (Lipinski definition) is 1. The van der Waals surface area contributed by atoms with Crippen molar-refractivity contribution < 1.29 is 9.90 Å². The summed E-state index contributed by atoms with van der Waals surface area (Å²) in [6.07, 6.45) is 0.542. The molecule has 2 aromatic rings. The highest BCUT2D eigenvalue weighted by Gasteiger charge is 2.15. The number of aliphatic imine (C=N–C) groups is 1. The van der Waals surface area contributed by atoms with Crippen LogP contribution in [0.5, 0.6) is 0 Å². The van der Waals surface area contributed by atoms with Gasteiger partial charge >= 0.3 is 0 Å². The molecule has 22 heavy (non-hydrogen) atoms. The van der Waals surface area contributed by atoms with E-state index >= 15 is 0 Å². The third kappa shape index (κ3) is 3.89. The summed E-state index contributed by atoms with van der Waals surface area (Å²) >= 11 is 0. The number of Topliss-reactive ketones (excluding diaryl/α,β-unsaturated/α-hetero) is 1. The minimum absolute atomic E-state index is 0.151. The van der Waals surface area contributed by atoms with E-state index in [0.717, 1.165) is 16.8 Å². The fraction of sp³-hybridized carbons (Fsp3) is 0.263. The molecule has 0 spiro atoms. The number of nitrogens with zero attached hydrogens (tertiary/aromatic N) is 1. The topological polar surface area (TPSA) is 49.7 Å². The van der Waals surface area contributed by atoms with Crippen LogP contribution in [0.15, 0.2) is 59.6 Å². The summed E-state index contributed by atoms with van der Waals surface area (Å²) in [6.45, 7) is 1.41. The Labute approximate surface area is 131 Å². The van der Waals surface area contributed by atoms with Crippen molar-refractivity contribution in [3.05, 3.63) is 60.2 Å². The molecule has 0 saturated heterocycles. The molecule has 0 aliphatic carbocycles. The molecule has 0 saturated carbocycles. The zero-order valence-electron chi connectivity index (χ0n) is 13.0.